The quantitative estimate of drug-likeness (QED) is 0.762. The second-order valence-corrected chi connectivity index (χ2v) is 5.39. The lowest BCUT2D eigenvalue weighted by Crippen LogP contribution is -2.19. The Hall–Kier alpha value is -0.870. The highest BCUT2D eigenvalue weighted by Crippen LogP contribution is 2.27. The zero-order chi connectivity index (χ0) is 12.8. The molecule has 1 atom stereocenters. The molecule has 2 rings (SSSR count). The molecule has 0 bridgehead atoms. The number of aliphatic hydroxyl groups excluding tert-OH is 1. The summed E-state index contributed by atoms with van der Waals surface area (Å²) in [7, 11) is 0. The van der Waals surface area contributed by atoms with Gasteiger partial charge in [-0.2, -0.15) is 5.10 Å². The van der Waals surface area contributed by atoms with E-state index in [2.05, 4.69) is 27.4 Å². The van der Waals surface area contributed by atoms with Gasteiger partial charge in [0.2, 0.25) is 0 Å². The van der Waals surface area contributed by atoms with E-state index >= 15 is 0 Å². The van der Waals surface area contributed by atoms with E-state index in [-0.39, 0.29) is 6.10 Å². The van der Waals surface area contributed by atoms with E-state index < -0.39 is 0 Å². The molecule has 18 heavy (non-hydrogen) atoms. The van der Waals surface area contributed by atoms with Gasteiger partial charge in [0.1, 0.15) is 0 Å². The second kappa shape index (κ2) is 6.90. The summed E-state index contributed by atoms with van der Waals surface area (Å²) in [5.41, 5.74) is 1.10. The Morgan fingerprint density at radius 2 is 2.22 bits per heavy atom. The molecular formula is C14H25N3O. The molecule has 1 aliphatic rings. The molecule has 1 fully saturated rings. The summed E-state index contributed by atoms with van der Waals surface area (Å²) in [4.78, 5) is 0. The van der Waals surface area contributed by atoms with Crippen LogP contribution in [0.3, 0.4) is 0 Å². The van der Waals surface area contributed by atoms with E-state index in [1.54, 1.807) is 0 Å². The summed E-state index contributed by atoms with van der Waals surface area (Å²) in [6, 6.07) is 2.72. The molecule has 0 spiro atoms. The highest BCUT2D eigenvalue weighted by molar-refractivity contribution is 4.99. The largest absolute Gasteiger partial charge is 0.393 e. The number of hydrogen-bond acceptors (Lipinski definition) is 3. The summed E-state index contributed by atoms with van der Waals surface area (Å²) in [5, 5.41) is 17.1. The first-order valence-corrected chi connectivity index (χ1v) is 7.18. The lowest BCUT2D eigenvalue weighted by atomic mass is 9.96. The zero-order valence-electron chi connectivity index (χ0n) is 11.3. The number of aliphatic hydroxyl groups is 1. The highest BCUT2D eigenvalue weighted by atomic mass is 16.3. The third-order valence-electron chi connectivity index (χ3n) is 3.66. The Morgan fingerprint density at radius 3 is 2.94 bits per heavy atom. The molecule has 4 nitrogen and oxygen atoms in total. The molecule has 1 aliphatic carbocycles. The van der Waals surface area contributed by atoms with Crippen LogP contribution >= 0.6 is 0 Å². The molecule has 0 amide bonds. The Bertz CT molecular complexity index is 343. The van der Waals surface area contributed by atoms with Crippen molar-refractivity contribution >= 4 is 0 Å². The third kappa shape index (κ3) is 4.10. The highest BCUT2D eigenvalue weighted by Gasteiger charge is 2.15. The molecule has 1 saturated carbocycles. The predicted octanol–water partition coefficient (Wildman–Crippen LogP) is 2.25. The molecule has 1 aromatic heterocycles. The summed E-state index contributed by atoms with van der Waals surface area (Å²) in [6.07, 6.45) is 9.29. The van der Waals surface area contributed by atoms with Crippen LogP contribution in [0.5, 0.6) is 0 Å². The minimum Gasteiger partial charge on any atom is -0.393 e. The van der Waals surface area contributed by atoms with Crippen molar-refractivity contribution in [1.82, 2.24) is 15.1 Å². The average molecular weight is 251 g/mol. The molecule has 0 saturated heterocycles. The van der Waals surface area contributed by atoms with Crippen LogP contribution < -0.4 is 5.32 Å². The molecule has 0 aromatic carbocycles. The van der Waals surface area contributed by atoms with Gasteiger partial charge < -0.3 is 10.4 Å². The Kier molecular flexibility index (Phi) is 5.20. The maximum absolute atomic E-state index is 9.16. The van der Waals surface area contributed by atoms with Gasteiger partial charge >= 0.3 is 0 Å². The Morgan fingerprint density at radius 1 is 1.44 bits per heavy atom. The summed E-state index contributed by atoms with van der Waals surface area (Å²) < 4.78 is 2.14. The van der Waals surface area contributed by atoms with Crippen molar-refractivity contribution in [3.63, 3.8) is 0 Å². The van der Waals surface area contributed by atoms with Crippen LogP contribution in [0, 0.1) is 0 Å². The van der Waals surface area contributed by atoms with E-state index in [0.29, 0.717) is 6.04 Å². The van der Waals surface area contributed by atoms with Crippen molar-refractivity contribution in [2.45, 2.75) is 64.1 Å². The van der Waals surface area contributed by atoms with Crippen LogP contribution in [0.1, 0.15) is 57.2 Å². The second-order valence-electron chi connectivity index (χ2n) is 5.39. The fourth-order valence-corrected chi connectivity index (χ4v) is 2.55. The summed E-state index contributed by atoms with van der Waals surface area (Å²) in [6.45, 7) is 3.46. The molecule has 1 aromatic rings. The van der Waals surface area contributed by atoms with Gasteiger partial charge in [-0.25, -0.2) is 0 Å². The molecule has 102 valence electrons. The number of rotatable bonds is 6. The molecule has 1 unspecified atom stereocenters. The van der Waals surface area contributed by atoms with Gasteiger partial charge in [-0.05, 0) is 38.8 Å². The molecular weight excluding hydrogens is 226 g/mol. The van der Waals surface area contributed by atoms with E-state index in [0.717, 1.165) is 25.2 Å². The van der Waals surface area contributed by atoms with Crippen molar-refractivity contribution in [1.29, 1.82) is 0 Å². The van der Waals surface area contributed by atoms with Gasteiger partial charge in [0, 0.05) is 12.7 Å². The van der Waals surface area contributed by atoms with Gasteiger partial charge in [0.25, 0.3) is 0 Å². The lowest BCUT2D eigenvalue weighted by Gasteiger charge is -2.21. The van der Waals surface area contributed by atoms with Crippen molar-refractivity contribution < 1.29 is 5.11 Å². The molecule has 4 heteroatoms. The van der Waals surface area contributed by atoms with E-state index in [1.807, 2.05) is 6.92 Å². The predicted molar refractivity (Wildman–Crippen MR) is 72.4 cm³/mol. The zero-order valence-corrected chi connectivity index (χ0v) is 11.3. The van der Waals surface area contributed by atoms with E-state index in [4.69, 9.17) is 5.11 Å². The summed E-state index contributed by atoms with van der Waals surface area (Å²) >= 11 is 0. The van der Waals surface area contributed by atoms with Crippen LogP contribution in [0.2, 0.25) is 0 Å². The number of nitrogens with one attached hydrogen (secondary N) is 1. The first-order valence-electron chi connectivity index (χ1n) is 7.18. The molecule has 0 radical (unpaired) electrons. The van der Waals surface area contributed by atoms with Gasteiger partial charge in [-0.3, -0.25) is 4.68 Å². The van der Waals surface area contributed by atoms with Gasteiger partial charge in [-0.1, -0.05) is 19.3 Å². The monoisotopic (exact) mass is 251 g/mol. The van der Waals surface area contributed by atoms with Crippen molar-refractivity contribution in [2.24, 2.45) is 0 Å². The SMILES string of the molecule is CC(O)CCNCc1ccn(C2CCCCC2)n1. The first-order chi connectivity index (χ1) is 8.75. The van der Waals surface area contributed by atoms with Crippen LogP contribution in [-0.2, 0) is 6.54 Å². The minimum atomic E-state index is -0.225. The van der Waals surface area contributed by atoms with Gasteiger partial charge in [-0.15, -0.1) is 0 Å². The standard InChI is InChI=1S/C14H25N3O/c1-12(18)7-9-15-11-13-8-10-17(16-13)14-5-3-2-4-6-14/h8,10,12,14-15,18H,2-7,9,11H2,1H3. The average Bonchev–Trinajstić information content (AvgIpc) is 2.84. The van der Waals surface area contributed by atoms with Crippen LogP contribution in [-0.4, -0.2) is 27.5 Å². The molecule has 0 aliphatic heterocycles. The fraction of sp³-hybridized carbons (Fsp3) is 0.786. The topological polar surface area (TPSA) is 50.1 Å². The minimum absolute atomic E-state index is 0.225. The fourth-order valence-electron chi connectivity index (χ4n) is 2.55. The molecule has 1 heterocycles. The first kappa shape index (κ1) is 13.6. The Balaban J connectivity index is 1.75. The number of aromatic nitrogens is 2. The van der Waals surface area contributed by atoms with Crippen LogP contribution in [0.15, 0.2) is 12.3 Å². The van der Waals surface area contributed by atoms with Crippen molar-refractivity contribution in [3.8, 4) is 0 Å². The van der Waals surface area contributed by atoms with Crippen molar-refractivity contribution in [3.05, 3.63) is 18.0 Å². The summed E-state index contributed by atoms with van der Waals surface area (Å²) in [5.74, 6) is 0. The van der Waals surface area contributed by atoms with E-state index in [9.17, 15) is 0 Å². The smallest absolute Gasteiger partial charge is 0.0762 e. The maximum Gasteiger partial charge on any atom is 0.0762 e. The van der Waals surface area contributed by atoms with E-state index in [1.165, 1.54) is 32.1 Å². The van der Waals surface area contributed by atoms with Gasteiger partial charge in [0.15, 0.2) is 0 Å². The van der Waals surface area contributed by atoms with Gasteiger partial charge in [0.05, 0.1) is 17.8 Å². The Labute approximate surface area is 109 Å². The lowest BCUT2D eigenvalue weighted by molar-refractivity contribution is 0.183. The number of nitrogens with zero attached hydrogens (tertiary/aromatic N) is 2. The number of hydrogen-bond donors (Lipinski definition) is 2. The van der Waals surface area contributed by atoms with Crippen molar-refractivity contribution in [2.75, 3.05) is 6.54 Å². The van der Waals surface area contributed by atoms with Crippen LogP contribution in [0.4, 0.5) is 0 Å². The molecule has 2 N–H and O–H groups in total. The third-order valence-corrected chi connectivity index (χ3v) is 3.66. The maximum atomic E-state index is 9.16. The normalized spacial score (nSPS) is 19.0. The van der Waals surface area contributed by atoms with Crippen LogP contribution in [0.25, 0.3) is 0 Å².